The first-order chi connectivity index (χ1) is 10.6. The predicted octanol–water partition coefficient (Wildman–Crippen LogP) is 4.03. The predicted molar refractivity (Wildman–Crippen MR) is 86.4 cm³/mol. The molecule has 0 saturated carbocycles. The number of carboxylic acids is 1. The summed E-state index contributed by atoms with van der Waals surface area (Å²) in [5.41, 5.74) is 1.81. The molecule has 22 heavy (non-hydrogen) atoms. The van der Waals surface area contributed by atoms with E-state index in [1.54, 1.807) is 12.1 Å². The number of carbonyl (C=O) groups is 1. The maximum absolute atomic E-state index is 11.3. The first-order valence-electron chi connectivity index (χ1n) is 7.17. The number of aromatic hydroxyl groups is 1. The second-order valence-corrected chi connectivity index (χ2v) is 5.30. The van der Waals surface area contributed by atoms with E-state index in [-0.39, 0.29) is 11.3 Å². The molecule has 3 heteroatoms. The van der Waals surface area contributed by atoms with Crippen molar-refractivity contribution in [2.45, 2.75) is 12.8 Å². The Morgan fingerprint density at radius 2 is 1.64 bits per heavy atom. The van der Waals surface area contributed by atoms with Crippen molar-refractivity contribution in [3.63, 3.8) is 0 Å². The number of benzene rings is 3. The van der Waals surface area contributed by atoms with E-state index in [0.29, 0.717) is 12.0 Å². The Bertz CT molecular complexity index is 837. The number of aryl methyl sites for hydroxylation is 2. The molecular formula is C19H16O3. The van der Waals surface area contributed by atoms with Gasteiger partial charge in [-0.25, -0.2) is 4.79 Å². The van der Waals surface area contributed by atoms with Crippen molar-refractivity contribution in [3.8, 4) is 5.75 Å². The van der Waals surface area contributed by atoms with Crippen molar-refractivity contribution in [1.82, 2.24) is 0 Å². The maximum Gasteiger partial charge on any atom is 0.339 e. The zero-order valence-corrected chi connectivity index (χ0v) is 12.0. The van der Waals surface area contributed by atoms with Gasteiger partial charge < -0.3 is 10.2 Å². The van der Waals surface area contributed by atoms with Gasteiger partial charge in [-0.3, -0.25) is 0 Å². The van der Waals surface area contributed by atoms with Crippen LogP contribution in [0.5, 0.6) is 5.75 Å². The number of phenols is 1. The van der Waals surface area contributed by atoms with Crippen molar-refractivity contribution < 1.29 is 15.0 Å². The highest BCUT2D eigenvalue weighted by Gasteiger charge is 2.14. The molecule has 0 radical (unpaired) electrons. The van der Waals surface area contributed by atoms with Gasteiger partial charge in [0.1, 0.15) is 11.3 Å². The molecule has 0 heterocycles. The van der Waals surface area contributed by atoms with Crippen LogP contribution in [0, 0.1) is 0 Å². The molecular weight excluding hydrogens is 276 g/mol. The molecule has 0 aliphatic heterocycles. The topological polar surface area (TPSA) is 57.5 Å². The number of hydrogen-bond donors (Lipinski definition) is 2. The fourth-order valence-electron chi connectivity index (χ4n) is 2.72. The van der Waals surface area contributed by atoms with Crippen LogP contribution in [0.2, 0.25) is 0 Å². The van der Waals surface area contributed by atoms with Crippen LogP contribution >= 0.6 is 0 Å². The number of aromatic carboxylic acids is 1. The lowest BCUT2D eigenvalue weighted by Gasteiger charge is -2.08. The monoisotopic (exact) mass is 292 g/mol. The number of rotatable bonds is 4. The minimum atomic E-state index is -1.09. The average molecular weight is 292 g/mol. The van der Waals surface area contributed by atoms with Crippen LogP contribution in [0.1, 0.15) is 21.5 Å². The van der Waals surface area contributed by atoms with E-state index in [9.17, 15) is 15.0 Å². The Morgan fingerprint density at radius 1 is 0.864 bits per heavy atom. The molecule has 2 N–H and O–H groups in total. The summed E-state index contributed by atoms with van der Waals surface area (Å²) in [6.45, 7) is 0. The number of hydrogen-bond acceptors (Lipinski definition) is 2. The van der Waals surface area contributed by atoms with Crippen molar-refractivity contribution in [3.05, 3.63) is 77.4 Å². The second-order valence-electron chi connectivity index (χ2n) is 5.30. The number of fused-ring (bicyclic) bond motifs is 1. The van der Waals surface area contributed by atoms with E-state index >= 15 is 0 Å². The molecule has 0 aromatic heterocycles. The fraction of sp³-hybridized carbons (Fsp3) is 0.105. The Morgan fingerprint density at radius 3 is 2.41 bits per heavy atom. The van der Waals surface area contributed by atoms with Crippen LogP contribution in [0.15, 0.2) is 60.7 Å². The molecule has 0 atom stereocenters. The second kappa shape index (κ2) is 5.90. The lowest BCUT2D eigenvalue weighted by molar-refractivity contribution is 0.0692. The Labute approximate surface area is 128 Å². The fourth-order valence-corrected chi connectivity index (χ4v) is 2.72. The molecule has 0 unspecified atom stereocenters. The van der Waals surface area contributed by atoms with E-state index < -0.39 is 5.97 Å². The highest BCUT2D eigenvalue weighted by Crippen LogP contribution is 2.23. The first-order valence-corrected chi connectivity index (χ1v) is 7.17. The molecule has 0 aliphatic carbocycles. The smallest absolute Gasteiger partial charge is 0.339 e. The molecule has 0 aliphatic rings. The van der Waals surface area contributed by atoms with Gasteiger partial charge in [0.25, 0.3) is 0 Å². The minimum absolute atomic E-state index is 0.00305. The molecule has 0 amide bonds. The average Bonchev–Trinajstić information content (AvgIpc) is 2.52. The van der Waals surface area contributed by atoms with Gasteiger partial charge in [0.15, 0.2) is 0 Å². The van der Waals surface area contributed by atoms with Gasteiger partial charge in [-0.05, 0) is 40.8 Å². The molecule has 0 saturated heterocycles. The Balaban J connectivity index is 1.85. The lowest BCUT2D eigenvalue weighted by atomic mass is 9.98. The third-order valence-corrected chi connectivity index (χ3v) is 3.84. The molecule has 110 valence electrons. The van der Waals surface area contributed by atoms with Gasteiger partial charge in [0.05, 0.1) is 0 Å². The summed E-state index contributed by atoms with van der Waals surface area (Å²) in [5, 5.41) is 21.3. The van der Waals surface area contributed by atoms with Gasteiger partial charge in [-0.1, -0.05) is 54.6 Å². The van der Waals surface area contributed by atoms with Crippen LogP contribution in [-0.2, 0) is 12.8 Å². The third kappa shape index (κ3) is 2.79. The SMILES string of the molecule is O=C(O)c1c(O)cccc1CCc1ccc2ccccc2c1. The van der Waals surface area contributed by atoms with E-state index in [1.165, 1.54) is 16.8 Å². The van der Waals surface area contributed by atoms with Crippen LogP contribution in [0.25, 0.3) is 10.8 Å². The van der Waals surface area contributed by atoms with E-state index in [4.69, 9.17) is 0 Å². The summed E-state index contributed by atoms with van der Waals surface area (Å²) in [4.78, 5) is 11.3. The van der Waals surface area contributed by atoms with Gasteiger partial charge in [0.2, 0.25) is 0 Å². The quantitative estimate of drug-likeness (QED) is 0.763. The normalized spacial score (nSPS) is 10.7. The summed E-state index contributed by atoms with van der Waals surface area (Å²) < 4.78 is 0. The lowest BCUT2D eigenvalue weighted by Crippen LogP contribution is -2.04. The van der Waals surface area contributed by atoms with Gasteiger partial charge in [-0.15, -0.1) is 0 Å². The van der Waals surface area contributed by atoms with Gasteiger partial charge in [-0.2, -0.15) is 0 Å². The molecule has 3 aromatic carbocycles. The van der Waals surface area contributed by atoms with Crippen molar-refractivity contribution in [2.24, 2.45) is 0 Å². The van der Waals surface area contributed by atoms with Crippen LogP contribution in [0.4, 0.5) is 0 Å². The minimum Gasteiger partial charge on any atom is -0.507 e. The van der Waals surface area contributed by atoms with E-state index in [0.717, 1.165) is 12.0 Å². The molecule has 3 rings (SSSR count). The molecule has 3 aromatic rings. The Kier molecular flexibility index (Phi) is 3.79. The molecule has 0 fully saturated rings. The number of carboxylic acid groups (broad SMARTS) is 1. The van der Waals surface area contributed by atoms with E-state index in [1.807, 2.05) is 12.1 Å². The van der Waals surface area contributed by atoms with E-state index in [2.05, 4.69) is 30.3 Å². The summed E-state index contributed by atoms with van der Waals surface area (Å²) >= 11 is 0. The Hall–Kier alpha value is -2.81. The van der Waals surface area contributed by atoms with Gasteiger partial charge >= 0.3 is 5.97 Å². The molecule has 0 spiro atoms. The maximum atomic E-state index is 11.3. The summed E-state index contributed by atoms with van der Waals surface area (Å²) in [5.74, 6) is -1.27. The summed E-state index contributed by atoms with van der Waals surface area (Å²) in [7, 11) is 0. The summed E-state index contributed by atoms with van der Waals surface area (Å²) in [6.07, 6.45) is 1.31. The molecule has 3 nitrogen and oxygen atoms in total. The van der Waals surface area contributed by atoms with Crippen molar-refractivity contribution >= 4 is 16.7 Å². The van der Waals surface area contributed by atoms with Crippen LogP contribution in [0.3, 0.4) is 0 Å². The summed E-state index contributed by atoms with van der Waals surface area (Å²) in [6, 6.07) is 19.2. The zero-order valence-electron chi connectivity index (χ0n) is 12.0. The highest BCUT2D eigenvalue weighted by molar-refractivity contribution is 5.92. The highest BCUT2D eigenvalue weighted by atomic mass is 16.4. The van der Waals surface area contributed by atoms with Gasteiger partial charge in [0, 0.05) is 0 Å². The third-order valence-electron chi connectivity index (χ3n) is 3.84. The molecule has 0 bridgehead atoms. The zero-order chi connectivity index (χ0) is 15.5. The van der Waals surface area contributed by atoms with Crippen LogP contribution in [-0.4, -0.2) is 16.2 Å². The largest absolute Gasteiger partial charge is 0.507 e. The standard InChI is InChI=1S/C19H16O3/c20-17-7-3-6-15(18(17)19(21)22)11-9-13-8-10-14-4-1-2-5-16(14)12-13/h1-8,10,12,20H,9,11H2,(H,21,22). The van der Waals surface area contributed by atoms with Crippen LogP contribution < -0.4 is 0 Å². The van der Waals surface area contributed by atoms with Crippen molar-refractivity contribution in [1.29, 1.82) is 0 Å². The first kappa shape index (κ1) is 14.1. The van der Waals surface area contributed by atoms with Crippen molar-refractivity contribution in [2.75, 3.05) is 0 Å².